The Morgan fingerprint density at radius 2 is 2.19 bits per heavy atom. The average molecular weight is 246 g/mol. The van der Waals surface area contributed by atoms with Gasteiger partial charge in [-0.2, -0.15) is 0 Å². The van der Waals surface area contributed by atoms with Crippen LogP contribution in [0.5, 0.6) is 5.75 Å². The highest BCUT2D eigenvalue weighted by Crippen LogP contribution is 2.33. The van der Waals surface area contributed by atoms with Crippen molar-refractivity contribution in [3.63, 3.8) is 0 Å². The Bertz CT molecular complexity index is 499. The number of pyridine rings is 1. The molecule has 0 saturated heterocycles. The molecule has 0 aliphatic heterocycles. The number of nitrogens with zero attached hydrogens (tertiary/aromatic N) is 1. The highest BCUT2D eigenvalue weighted by atomic mass is 32.2. The largest absolute Gasteiger partial charge is 0.485 e. The summed E-state index contributed by atoms with van der Waals surface area (Å²) in [6.07, 6.45) is 4.91. The van der Waals surface area contributed by atoms with Crippen LogP contribution in [0.4, 0.5) is 10.1 Å². The summed E-state index contributed by atoms with van der Waals surface area (Å²) < 4.78 is 42.9. The third-order valence-corrected chi connectivity index (χ3v) is 2.55. The van der Waals surface area contributed by atoms with Crippen LogP contribution in [0.2, 0.25) is 0 Å². The van der Waals surface area contributed by atoms with Gasteiger partial charge in [-0.3, -0.25) is 9.71 Å². The molecular formula is C9H11FN2O3S. The molecule has 1 saturated carbocycles. The van der Waals surface area contributed by atoms with Gasteiger partial charge in [-0.1, -0.05) is 0 Å². The van der Waals surface area contributed by atoms with E-state index in [-0.39, 0.29) is 17.5 Å². The number of hydrogen-bond acceptors (Lipinski definition) is 4. The Kier molecular flexibility index (Phi) is 2.71. The number of halogens is 1. The average Bonchev–Trinajstić information content (AvgIpc) is 2.92. The molecule has 0 amide bonds. The maximum atomic E-state index is 13.4. The first-order chi connectivity index (χ1) is 7.46. The van der Waals surface area contributed by atoms with Crippen LogP contribution in [0.15, 0.2) is 12.4 Å². The molecule has 0 bridgehead atoms. The second-order valence-corrected chi connectivity index (χ2v) is 5.44. The van der Waals surface area contributed by atoms with Crippen molar-refractivity contribution in [1.29, 1.82) is 0 Å². The first kappa shape index (κ1) is 11.1. The van der Waals surface area contributed by atoms with Crippen molar-refractivity contribution in [3.05, 3.63) is 18.2 Å². The van der Waals surface area contributed by atoms with E-state index < -0.39 is 15.8 Å². The van der Waals surface area contributed by atoms with Crippen LogP contribution >= 0.6 is 0 Å². The molecule has 1 aliphatic carbocycles. The molecule has 0 atom stereocenters. The monoisotopic (exact) mass is 246 g/mol. The second-order valence-electron chi connectivity index (χ2n) is 3.69. The zero-order chi connectivity index (χ0) is 11.8. The number of nitrogens with one attached hydrogen (secondary N) is 1. The fourth-order valence-electron chi connectivity index (χ4n) is 1.17. The van der Waals surface area contributed by atoms with Gasteiger partial charge in [0, 0.05) is 0 Å². The molecule has 0 spiro atoms. The Morgan fingerprint density at radius 1 is 1.50 bits per heavy atom. The molecule has 1 heterocycles. The standard InChI is InChI=1S/C9H11FN2O3S/c1-16(13,14)12-8-5-11-4-7(10)9(8)15-6-2-3-6/h4-6,12H,2-3H2,1H3. The minimum Gasteiger partial charge on any atom is -0.485 e. The number of rotatable bonds is 4. The summed E-state index contributed by atoms with van der Waals surface area (Å²) >= 11 is 0. The van der Waals surface area contributed by atoms with Gasteiger partial charge >= 0.3 is 0 Å². The van der Waals surface area contributed by atoms with Crippen LogP contribution in [0, 0.1) is 5.82 Å². The van der Waals surface area contributed by atoms with Crippen molar-refractivity contribution in [3.8, 4) is 5.75 Å². The van der Waals surface area contributed by atoms with Crippen LogP contribution in [0.1, 0.15) is 12.8 Å². The van der Waals surface area contributed by atoms with E-state index in [0.717, 1.165) is 25.3 Å². The zero-order valence-electron chi connectivity index (χ0n) is 8.60. The quantitative estimate of drug-likeness (QED) is 0.864. The number of aromatic nitrogens is 1. The number of sulfonamides is 1. The van der Waals surface area contributed by atoms with E-state index in [1.54, 1.807) is 0 Å². The van der Waals surface area contributed by atoms with Gasteiger partial charge in [0.25, 0.3) is 0 Å². The van der Waals surface area contributed by atoms with Crippen molar-refractivity contribution in [1.82, 2.24) is 4.98 Å². The highest BCUT2D eigenvalue weighted by molar-refractivity contribution is 7.92. The van der Waals surface area contributed by atoms with Gasteiger partial charge in [-0.25, -0.2) is 12.8 Å². The third kappa shape index (κ3) is 2.82. The minimum atomic E-state index is -3.47. The lowest BCUT2D eigenvalue weighted by atomic mass is 10.4. The molecule has 1 aromatic heterocycles. The van der Waals surface area contributed by atoms with Crippen molar-refractivity contribution in [2.24, 2.45) is 0 Å². The van der Waals surface area contributed by atoms with Gasteiger partial charge < -0.3 is 4.74 Å². The van der Waals surface area contributed by atoms with Gasteiger partial charge in [0.2, 0.25) is 10.0 Å². The van der Waals surface area contributed by atoms with Crippen molar-refractivity contribution < 1.29 is 17.5 Å². The maximum absolute atomic E-state index is 13.4. The highest BCUT2D eigenvalue weighted by Gasteiger charge is 2.26. The molecule has 2 rings (SSSR count). The van der Waals surface area contributed by atoms with Gasteiger partial charge in [0.05, 0.1) is 24.8 Å². The molecule has 1 aliphatic rings. The smallest absolute Gasteiger partial charge is 0.229 e. The molecular weight excluding hydrogens is 235 g/mol. The van der Waals surface area contributed by atoms with Crippen molar-refractivity contribution in [2.75, 3.05) is 11.0 Å². The zero-order valence-corrected chi connectivity index (χ0v) is 9.42. The first-order valence-corrected chi connectivity index (χ1v) is 6.63. The summed E-state index contributed by atoms with van der Waals surface area (Å²) in [5.74, 6) is -0.747. The van der Waals surface area contributed by atoms with E-state index in [1.807, 2.05) is 0 Å². The topological polar surface area (TPSA) is 68.3 Å². The van der Waals surface area contributed by atoms with Gasteiger partial charge in [-0.05, 0) is 12.8 Å². The first-order valence-electron chi connectivity index (χ1n) is 4.73. The van der Waals surface area contributed by atoms with E-state index in [0.29, 0.717) is 0 Å². The molecule has 0 radical (unpaired) electrons. The predicted octanol–water partition coefficient (Wildman–Crippen LogP) is 1.13. The third-order valence-electron chi connectivity index (χ3n) is 1.96. The number of anilines is 1. The summed E-state index contributed by atoms with van der Waals surface area (Å²) in [5.41, 5.74) is 0.0365. The Hall–Kier alpha value is -1.37. The molecule has 0 aromatic carbocycles. The summed E-state index contributed by atoms with van der Waals surface area (Å²) in [7, 11) is -3.47. The Labute approximate surface area is 92.7 Å². The Morgan fingerprint density at radius 3 is 2.75 bits per heavy atom. The van der Waals surface area contributed by atoms with E-state index in [4.69, 9.17) is 4.74 Å². The van der Waals surface area contributed by atoms with Gasteiger partial charge in [-0.15, -0.1) is 0 Å². The predicted molar refractivity (Wildman–Crippen MR) is 56.3 cm³/mol. The maximum Gasteiger partial charge on any atom is 0.229 e. The number of ether oxygens (including phenoxy) is 1. The van der Waals surface area contributed by atoms with Crippen LogP contribution in [-0.2, 0) is 10.0 Å². The van der Waals surface area contributed by atoms with Crippen LogP contribution in [0.3, 0.4) is 0 Å². The van der Waals surface area contributed by atoms with E-state index in [1.165, 1.54) is 6.20 Å². The van der Waals surface area contributed by atoms with Gasteiger partial charge in [0.15, 0.2) is 11.6 Å². The molecule has 5 nitrogen and oxygen atoms in total. The number of hydrogen-bond donors (Lipinski definition) is 1. The Balaban J connectivity index is 2.31. The van der Waals surface area contributed by atoms with Crippen LogP contribution in [0.25, 0.3) is 0 Å². The van der Waals surface area contributed by atoms with E-state index in [9.17, 15) is 12.8 Å². The SMILES string of the molecule is CS(=O)(=O)Nc1cncc(F)c1OC1CC1. The fourth-order valence-corrected chi connectivity index (χ4v) is 1.71. The van der Waals surface area contributed by atoms with E-state index >= 15 is 0 Å². The molecule has 16 heavy (non-hydrogen) atoms. The molecule has 1 aromatic rings. The van der Waals surface area contributed by atoms with Crippen molar-refractivity contribution in [2.45, 2.75) is 18.9 Å². The summed E-state index contributed by atoms with van der Waals surface area (Å²) in [6, 6.07) is 0. The second kappa shape index (κ2) is 3.89. The van der Waals surface area contributed by atoms with Crippen LogP contribution in [-0.4, -0.2) is 25.8 Å². The summed E-state index contributed by atoms with van der Waals surface area (Å²) in [4.78, 5) is 3.57. The molecule has 1 N–H and O–H groups in total. The lowest BCUT2D eigenvalue weighted by Gasteiger charge is -2.11. The molecule has 0 unspecified atom stereocenters. The molecule has 1 fully saturated rings. The van der Waals surface area contributed by atoms with Crippen molar-refractivity contribution >= 4 is 15.7 Å². The molecule has 88 valence electrons. The molecule has 7 heteroatoms. The van der Waals surface area contributed by atoms with Crippen LogP contribution < -0.4 is 9.46 Å². The fraction of sp³-hybridized carbons (Fsp3) is 0.444. The lowest BCUT2D eigenvalue weighted by Crippen LogP contribution is -2.12. The lowest BCUT2D eigenvalue weighted by molar-refractivity contribution is 0.288. The summed E-state index contributed by atoms with van der Waals surface area (Å²) in [6.45, 7) is 0. The van der Waals surface area contributed by atoms with Gasteiger partial charge in [0.1, 0.15) is 5.69 Å². The normalized spacial score (nSPS) is 15.9. The van der Waals surface area contributed by atoms with E-state index in [2.05, 4.69) is 9.71 Å². The summed E-state index contributed by atoms with van der Waals surface area (Å²) in [5, 5.41) is 0. The minimum absolute atomic E-state index is 0.0167.